The molecule has 2 aromatic rings. The average molecular weight is 518 g/mol. The van der Waals surface area contributed by atoms with Gasteiger partial charge in [-0.15, -0.1) is 0 Å². The molecule has 6 heterocycles. The third-order valence-corrected chi connectivity index (χ3v) is 7.79. The Balaban J connectivity index is 0.000000127. The quantitative estimate of drug-likeness (QED) is 0.486. The van der Waals surface area contributed by atoms with Crippen LogP contribution in [0.3, 0.4) is 0 Å². The Kier molecular flexibility index (Phi) is 5.48. The van der Waals surface area contributed by atoms with Gasteiger partial charge in [-0.25, -0.2) is 0 Å². The van der Waals surface area contributed by atoms with Gasteiger partial charge in [0.05, 0.1) is 0 Å². The molecule has 4 atom stereocenters. The topological polar surface area (TPSA) is 93.5 Å². The van der Waals surface area contributed by atoms with Crippen LogP contribution in [0.1, 0.15) is 36.8 Å². The SMILES string of the molecule is O=C1CCC2C3Cc4ccccc4N=C3[N-]N12.O=C1CCC2C3Cc4ccccc4N=C3[N-]N12.[Zn+2]. The summed E-state index contributed by atoms with van der Waals surface area (Å²) in [5.74, 6) is 2.63. The predicted molar refractivity (Wildman–Crippen MR) is 128 cm³/mol. The number of hydrogen-bond donors (Lipinski definition) is 0. The maximum absolute atomic E-state index is 11.6. The standard InChI is InChI=1S/2C13H12N3O.Zn/c2*17-12-6-5-11-9-7-8-3-1-2-4-10(8)14-13(9)15-16(11)12;/h2*1-4,9,11H,5-7H2;/q2*-1;+2. The van der Waals surface area contributed by atoms with E-state index in [1.807, 2.05) is 36.4 Å². The van der Waals surface area contributed by atoms with Crippen LogP contribution in [0.15, 0.2) is 58.5 Å². The number of aliphatic imine (C=N–C) groups is 2. The van der Waals surface area contributed by atoms with Crippen molar-refractivity contribution in [1.29, 1.82) is 0 Å². The normalized spacial score (nSPS) is 28.5. The first-order valence-corrected chi connectivity index (χ1v) is 12.1. The van der Waals surface area contributed by atoms with Gasteiger partial charge in [-0.1, -0.05) is 60.2 Å². The molecular formula is C26H24N6O2Zn. The summed E-state index contributed by atoms with van der Waals surface area (Å²) in [7, 11) is 0. The van der Waals surface area contributed by atoms with Gasteiger partial charge in [-0.3, -0.25) is 9.59 Å². The van der Waals surface area contributed by atoms with E-state index in [1.54, 1.807) is 10.0 Å². The van der Waals surface area contributed by atoms with E-state index < -0.39 is 0 Å². The molecule has 4 fully saturated rings. The monoisotopic (exact) mass is 516 g/mol. The molecule has 0 radical (unpaired) electrons. The second-order valence-corrected chi connectivity index (χ2v) is 9.71. The summed E-state index contributed by atoms with van der Waals surface area (Å²) in [6.45, 7) is 0. The fourth-order valence-corrected chi connectivity index (χ4v) is 6.07. The Hall–Kier alpha value is -3.06. The number of carbonyl (C=O) groups excluding carboxylic acids is 2. The van der Waals surface area contributed by atoms with Crippen LogP contribution in [-0.4, -0.2) is 45.6 Å². The van der Waals surface area contributed by atoms with E-state index in [-0.39, 0.29) is 43.4 Å². The fraction of sp³-hybridized carbons (Fsp3) is 0.385. The Morgan fingerprint density at radius 3 is 1.57 bits per heavy atom. The molecule has 8 rings (SSSR count). The summed E-state index contributed by atoms with van der Waals surface area (Å²) < 4.78 is 0. The number of amides is 2. The minimum Gasteiger partial charge on any atom is -0.438 e. The molecule has 0 N–H and O–H groups in total. The van der Waals surface area contributed by atoms with Crippen molar-refractivity contribution in [3.8, 4) is 0 Å². The number of hydrogen-bond acceptors (Lipinski definition) is 4. The molecule has 35 heavy (non-hydrogen) atoms. The second kappa shape index (κ2) is 8.56. The molecule has 2 amide bonds. The van der Waals surface area contributed by atoms with Crippen molar-refractivity contribution < 1.29 is 29.1 Å². The first kappa shape index (κ1) is 22.4. The molecule has 4 unspecified atom stereocenters. The van der Waals surface area contributed by atoms with Gasteiger partial charge in [0.15, 0.2) is 0 Å². The van der Waals surface area contributed by atoms with Gasteiger partial charge in [-0.05, 0) is 48.2 Å². The van der Waals surface area contributed by atoms with Crippen molar-refractivity contribution in [2.75, 3.05) is 0 Å². The summed E-state index contributed by atoms with van der Waals surface area (Å²) in [6.07, 6.45) is 5.06. The molecule has 0 bridgehead atoms. The first-order chi connectivity index (χ1) is 16.7. The van der Waals surface area contributed by atoms with E-state index in [9.17, 15) is 9.59 Å². The second-order valence-electron chi connectivity index (χ2n) is 9.71. The van der Waals surface area contributed by atoms with Crippen LogP contribution in [0, 0.1) is 11.8 Å². The zero-order valence-corrected chi connectivity index (χ0v) is 22.3. The van der Waals surface area contributed by atoms with Crippen molar-refractivity contribution in [3.63, 3.8) is 0 Å². The molecule has 8 nitrogen and oxygen atoms in total. The molecule has 0 spiro atoms. The summed E-state index contributed by atoms with van der Waals surface area (Å²) in [5, 5.41) is 3.32. The van der Waals surface area contributed by atoms with Crippen LogP contribution >= 0.6 is 0 Å². The van der Waals surface area contributed by atoms with E-state index in [0.717, 1.165) is 48.7 Å². The van der Waals surface area contributed by atoms with Crippen LogP contribution in [0.5, 0.6) is 0 Å². The molecule has 0 aliphatic carbocycles. The molecule has 0 aromatic heterocycles. The van der Waals surface area contributed by atoms with Crippen LogP contribution in [0.25, 0.3) is 10.9 Å². The third-order valence-electron chi connectivity index (χ3n) is 7.79. The minimum absolute atomic E-state index is 0. The van der Waals surface area contributed by atoms with Crippen molar-refractivity contribution in [2.45, 2.75) is 50.6 Å². The zero-order chi connectivity index (χ0) is 22.8. The maximum Gasteiger partial charge on any atom is 2.00 e. The van der Waals surface area contributed by atoms with E-state index in [2.05, 4.69) is 33.0 Å². The molecule has 9 heteroatoms. The number of amidine groups is 2. The van der Waals surface area contributed by atoms with Gasteiger partial charge in [0.25, 0.3) is 0 Å². The predicted octanol–water partition coefficient (Wildman–Crippen LogP) is 4.36. The summed E-state index contributed by atoms with van der Waals surface area (Å²) >= 11 is 0. The van der Waals surface area contributed by atoms with Crippen molar-refractivity contribution in [3.05, 3.63) is 70.5 Å². The number of nitrogens with zero attached hydrogens (tertiary/aromatic N) is 6. The van der Waals surface area contributed by atoms with Gasteiger partial charge in [0.2, 0.25) is 11.8 Å². The number of rotatable bonds is 0. The van der Waals surface area contributed by atoms with Gasteiger partial charge < -0.3 is 30.9 Å². The van der Waals surface area contributed by atoms with E-state index >= 15 is 0 Å². The van der Waals surface area contributed by atoms with Crippen molar-refractivity contribution in [2.24, 2.45) is 21.8 Å². The molecule has 6 aliphatic heterocycles. The fourth-order valence-electron chi connectivity index (χ4n) is 6.07. The van der Waals surface area contributed by atoms with Gasteiger partial charge >= 0.3 is 19.5 Å². The Morgan fingerprint density at radius 1 is 0.686 bits per heavy atom. The van der Waals surface area contributed by atoms with Crippen molar-refractivity contribution >= 4 is 34.9 Å². The molecule has 6 aliphatic rings. The molecule has 2 aromatic carbocycles. The molecule has 4 saturated heterocycles. The molecule has 0 saturated carbocycles. The van der Waals surface area contributed by atoms with Crippen LogP contribution in [-0.2, 0) is 41.9 Å². The molecular weight excluding hydrogens is 494 g/mol. The van der Waals surface area contributed by atoms with Crippen LogP contribution < -0.4 is 0 Å². The first-order valence-electron chi connectivity index (χ1n) is 12.1. The zero-order valence-electron chi connectivity index (χ0n) is 19.4. The Labute approximate surface area is 216 Å². The summed E-state index contributed by atoms with van der Waals surface area (Å²) in [5.41, 5.74) is 13.3. The summed E-state index contributed by atoms with van der Waals surface area (Å²) in [6, 6.07) is 16.9. The van der Waals surface area contributed by atoms with E-state index in [4.69, 9.17) is 0 Å². The number of para-hydroxylation sites is 2. The number of carbonyl (C=O) groups is 2. The van der Waals surface area contributed by atoms with Crippen LogP contribution in [0.2, 0.25) is 0 Å². The van der Waals surface area contributed by atoms with E-state index in [0.29, 0.717) is 24.7 Å². The number of fused-ring (bicyclic) bond motifs is 8. The van der Waals surface area contributed by atoms with E-state index in [1.165, 1.54) is 11.1 Å². The maximum atomic E-state index is 11.6. The largest absolute Gasteiger partial charge is 2.00 e. The average Bonchev–Trinajstić information content (AvgIpc) is 3.60. The molecule has 172 valence electrons. The van der Waals surface area contributed by atoms with Crippen molar-refractivity contribution in [1.82, 2.24) is 10.0 Å². The summed E-state index contributed by atoms with van der Waals surface area (Å²) in [4.78, 5) is 32.5. The number of benzene rings is 2. The van der Waals surface area contributed by atoms with Gasteiger partial charge in [0.1, 0.15) is 0 Å². The minimum atomic E-state index is 0. The van der Waals surface area contributed by atoms with Gasteiger partial charge in [-0.2, -0.15) is 0 Å². The smallest absolute Gasteiger partial charge is 0.438 e. The Morgan fingerprint density at radius 2 is 1.11 bits per heavy atom. The Bertz CT molecular complexity index is 1180. The van der Waals surface area contributed by atoms with Gasteiger partial charge in [0, 0.05) is 36.8 Å². The van der Waals surface area contributed by atoms with Crippen LogP contribution in [0.4, 0.5) is 11.4 Å². The third kappa shape index (κ3) is 3.59.